The van der Waals surface area contributed by atoms with Crippen molar-refractivity contribution in [3.8, 4) is 0 Å². The summed E-state index contributed by atoms with van der Waals surface area (Å²) in [4.78, 5) is 38.7. The molecule has 1 aliphatic rings. The molecule has 0 spiro atoms. The van der Waals surface area contributed by atoms with E-state index in [4.69, 9.17) is 16.6 Å². The zero-order valence-corrected chi connectivity index (χ0v) is 17.5. The van der Waals surface area contributed by atoms with Gasteiger partial charge < -0.3 is 9.73 Å². The average Bonchev–Trinajstić information content (AvgIpc) is 3.01. The quantitative estimate of drug-likeness (QED) is 0.378. The summed E-state index contributed by atoms with van der Waals surface area (Å²) < 4.78 is 5.43. The van der Waals surface area contributed by atoms with E-state index < -0.39 is 11.7 Å². The normalized spacial score (nSPS) is 16.3. The maximum Gasteiger partial charge on any atom is 0.336 e. The van der Waals surface area contributed by atoms with Crippen LogP contribution in [-0.4, -0.2) is 27.1 Å². The summed E-state index contributed by atoms with van der Waals surface area (Å²) in [5.41, 5.74) is 1.40. The van der Waals surface area contributed by atoms with E-state index in [9.17, 15) is 14.4 Å². The van der Waals surface area contributed by atoms with Crippen LogP contribution in [0.2, 0.25) is 0 Å². The lowest BCUT2D eigenvalue weighted by molar-refractivity contribution is -0.129. The van der Waals surface area contributed by atoms with E-state index in [1.165, 1.54) is 22.7 Å². The van der Waals surface area contributed by atoms with Gasteiger partial charge in [0.05, 0.1) is 4.91 Å². The van der Waals surface area contributed by atoms with E-state index >= 15 is 0 Å². The molecule has 6 nitrogen and oxygen atoms in total. The lowest BCUT2D eigenvalue weighted by Crippen LogP contribution is -2.44. The maximum absolute atomic E-state index is 12.9. The highest BCUT2D eigenvalue weighted by Gasteiger charge is 2.38. The monoisotopic (exact) mass is 436 g/mol. The van der Waals surface area contributed by atoms with Gasteiger partial charge in [-0.2, -0.15) is 0 Å². The first-order chi connectivity index (χ1) is 14.4. The summed E-state index contributed by atoms with van der Waals surface area (Å²) in [6.07, 6.45) is 1.76. The Morgan fingerprint density at radius 3 is 2.67 bits per heavy atom. The van der Waals surface area contributed by atoms with E-state index in [0.717, 1.165) is 5.56 Å². The third-order valence-corrected chi connectivity index (χ3v) is 5.90. The van der Waals surface area contributed by atoms with Crippen LogP contribution in [0.15, 0.2) is 74.8 Å². The van der Waals surface area contributed by atoms with Gasteiger partial charge in [-0.1, -0.05) is 54.3 Å². The van der Waals surface area contributed by atoms with E-state index in [1.54, 1.807) is 37.3 Å². The Morgan fingerprint density at radius 1 is 1.13 bits per heavy atom. The highest BCUT2D eigenvalue weighted by Crippen LogP contribution is 2.34. The number of carbonyl (C=O) groups excluding carboxylic acids is 2. The van der Waals surface area contributed by atoms with Crippen molar-refractivity contribution in [3.63, 3.8) is 0 Å². The van der Waals surface area contributed by atoms with Crippen LogP contribution < -0.4 is 10.9 Å². The van der Waals surface area contributed by atoms with Gasteiger partial charge in [-0.05, 0) is 42.8 Å². The van der Waals surface area contributed by atoms with Gasteiger partial charge in [0.2, 0.25) is 5.91 Å². The van der Waals surface area contributed by atoms with Crippen molar-refractivity contribution in [1.29, 1.82) is 0 Å². The Hall–Kier alpha value is -3.23. The third kappa shape index (κ3) is 4.05. The zero-order valence-electron chi connectivity index (χ0n) is 15.8. The van der Waals surface area contributed by atoms with E-state index in [1.807, 2.05) is 30.3 Å². The molecule has 0 bridgehead atoms. The predicted molar refractivity (Wildman–Crippen MR) is 122 cm³/mol. The molecule has 150 valence electrons. The number of hydrogen-bond acceptors (Lipinski definition) is 6. The molecule has 0 aliphatic carbocycles. The molecule has 8 heteroatoms. The van der Waals surface area contributed by atoms with Crippen molar-refractivity contribution >= 4 is 62.8 Å². The number of nitrogens with zero attached hydrogens (tertiary/aromatic N) is 1. The molecule has 4 rings (SSSR count). The van der Waals surface area contributed by atoms with E-state index in [0.29, 0.717) is 25.9 Å². The fourth-order valence-corrected chi connectivity index (χ4v) is 4.45. The molecule has 1 aliphatic heterocycles. The van der Waals surface area contributed by atoms with Gasteiger partial charge in [0.15, 0.2) is 0 Å². The van der Waals surface area contributed by atoms with E-state index in [-0.39, 0.29) is 11.8 Å². The molecule has 1 fully saturated rings. The van der Waals surface area contributed by atoms with Crippen molar-refractivity contribution in [3.05, 3.63) is 81.6 Å². The minimum atomic E-state index is -0.788. The summed E-state index contributed by atoms with van der Waals surface area (Å²) >= 11 is 6.53. The minimum Gasteiger partial charge on any atom is -0.423 e. The lowest BCUT2D eigenvalue weighted by atomic mass is 10.2. The average molecular weight is 437 g/mol. The summed E-state index contributed by atoms with van der Waals surface area (Å²) in [5.74, 6) is -0.666. The molecule has 2 aromatic carbocycles. The van der Waals surface area contributed by atoms with Crippen LogP contribution in [0.5, 0.6) is 0 Å². The molecule has 0 radical (unpaired) electrons. The summed E-state index contributed by atoms with van der Waals surface area (Å²) in [7, 11) is 0. The summed E-state index contributed by atoms with van der Waals surface area (Å²) in [6.45, 7) is 1.63. The topological polar surface area (TPSA) is 79.6 Å². The van der Waals surface area contributed by atoms with Crippen LogP contribution in [0.25, 0.3) is 17.0 Å². The summed E-state index contributed by atoms with van der Waals surface area (Å²) in [5, 5.41) is 3.47. The number of carbonyl (C=O) groups is 2. The number of hydrogen-bond donors (Lipinski definition) is 1. The fraction of sp³-hybridized carbons (Fsp3) is 0.0909. The Morgan fingerprint density at radius 2 is 1.90 bits per heavy atom. The number of fused-ring (bicyclic) bond motifs is 1. The van der Waals surface area contributed by atoms with Crippen molar-refractivity contribution < 1.29 is 14.0 Å². The molecule has 2 amide bonds. The molecular formula is C22H16N2O4S2. The molecular weight excluding hydrogens is 420 g/mol. The molecule has 2 heterocycles. The predicted octanol–water partition coefficient (Wildman–Crippen LogP) is 4.02. The molecule has 0 unspecified atom stereocenters. The Labute approximate surface area is 181 Å². The Bertz CT molecular complexity index is 1250. The lowest BCUT2D eigenvalue weighted by Gasteiger charge is -2.22. The standard InChI is InChI=1S/C22H16N2O4S2/c1-13(20(26)23-16-8-9-17-15(12-16)7-10-19(25)28-17)24-21(27)18(30-22(24)29)11-14-5-3-2-4-6-14/h2-13H,1H3,(H,23,26)/b18-11-/t13-/m1/s1. The van der Waals surface area contributed by atoms with Gasteiger partial charge in [-0.3, -0.25) is 14.5 Å². The first-order valence-electron chi connectivity index (χ1n) is 9.09. The van der Waals surface area contributed by atoms with Crippen LogP contribution in [0, 0.1) is 0 Å². The van der Waals surface area contributed by atoms with Gasteiger partial charge in [-0.25, -0.2) is 4.79 Å². The van der Waals surface area contributed by atoms with Crippen molar-refractivity contribution in [1.82, 2.24) is 4.90 Å². The molecule has 1 saturated heterocycles. The van der Waals surface area contributed by atoms with E-state index in [2.05, 4.69) is 5.32 Å². The Balaban J connectivity index is 1.51. The van der Waals surface area contributed by atoms with Crippen LogP contribution in [0.4, 0.5) is 5.69 Å². The largest absolute Gasteiger partial charge is 0.423 e. The molecule has 1 aromatic heterocycles. The molecule has 1 N–H and O–H groups in total. The van der Waals surface area contributed by atoms with Crippen molar-refractivity contribution in [2.45, 2.75) is 13.0 Å². The minimum absolute atomic E-state index is 0.295. The SMILES string of the molecule is C[C@H](C(=O)Nc1ccc2oc(=O)ccc2c1)N1C(=O)/C(=C/c2ccccc2)SC1=S. The second-order valence-electron chi connectivity index (χ2n) is 6.63. The number of nitrogens with one attached hydrogen (secondary N) is 1. The highest BCUT2D eigenvalue weighted by molar-refractivity contribution is 8.26. The number of thioether (sulfide) groups is 1. The van der Waals surface area contributed by atoms with Crippen LogP contribution in [0.1, 0.15) is 12.5 Å². The van der Waals surface area contributed by atoms with Crippen LogP contribution >= 0.6 is 24.0 Å². The van der Waals surface area contributed by atoms with Gasteiger partial charge in [-0.15, -0.1) is 0 Å². The van der Waals surface area contributed by atoms with Gasteiger partial charge >= 0.3 is 5.63 Å². The number of benzene rings is 2. The first-order valence-corrected chi connectivity index (χ1v) is 10.3. The summed E-state index contributed by atoms with van der Waals surface area (Å²) in [6, 6.07) is 16.5. The molecule has 0 saturated carbocycles. The second kappa shape index (κ2) is 8.25. The Kier molecular flexibility index (Phi) is 5.52. The number of thiocarbonyl (C=S) groups is 1. The smallest absolute Gasteiger partial charge is 0.336 e. The van der Waals surface area contributed by atoms with Gasteiger partial charge in [0, 0.05) is 17.1 Å². The van der Waals surface area contributed by atoms with Gasteiger partial charge in [0.25, 0.3) is 5.91 Å². The van der Waals surface area contributed by atoms with Crippen molar-refractivity contribution in [2.24, 2.45) is 0 Å². The molecule has 30 heavy (non-hydrogen) atoms. The zero-order chi connectivity index (χ0) is 21.3. The number of anilines is 1. The number of rotatable bonds is 4. The first kappa shape index (κ1) is 20.1. The molecule has 1 atom stereocenters. The second-order valence-corrected chi connectivity index (χ2v) is 8.31. The van der Waals surface area contributed by atoms with Crippen LogP contribution in [-0.2, 0) is 9.59 Å². The molecule has 3 aromatic rings. The van der Waals surface area contributed by atoms with Gasteiger partial charge in [0.1, 0.15) is 15.9 Å². The highest BCUT2D eigenvalue weighted by atomic mass is 32.2. The number of amides is 2. The van der Waals surface area contributed by atoms with Crippen LogP contribution in [0.3, 0.4) is 0 Å². The third-order valence-electron chi connectivity index (χ3n) is 4.57. The maximum atomic E-state index is 12.9. The fourth-order valence-electron chi connectivity index (χ4n) is 3.03. The van der Waals surface area contributed by atoms with Crippen molar-refractivity contribution in [2.75, 3.05) is 5.32 Å².